The van der Waals surface area contributed by atoms with Gasteiger partial charge in [-0.3, -0.25) is 0 Å². The molecule has 0 bridgehead atoms. The second kappa shape index (κ2) is 5.01. The van der Waals surface area contributed by atoms with E-state index in [1.165, 1.54) is 0 Å². The maximum absolute atomic E-state index is 5.63. The molecule has 0 radical (unpaired) electrons. The highest BCUT2D eigenvalue weighted by Gasteiger charge is 2.06. The first kappa shape index (κ1) is 12.3. The summed E-state index contributed by atoms with van der Waals surface area (Å²) in [4.78, 5) is 8.13. The molecule has 2 aromatic rings. The molecule has 1 aromatic heterocycles. The quantitative estimate of drug-likeness (QED) is 0.889. The highest BCUT2D eigenvalue weighted by molar-refractivity contribution is 9.11. The lowest BCUT2D eigenvalue weighted by Gasteiger charge is -2.08. The average molecular weight is 359 g/mol. The van der Waals surface area contributed by atoms with E-state index in [4.69, 9.17) is 10.5 Å². The van der Waals surface area contributed by atoms with Gasteiger partial charge in [0.2, 0.25) is 5.88 Å². The topological polar surface area (TPSA) is 61.0 Å². The molecule has 2 N–H and O–H groups in total. The molecule has 0 aliphatic carbocycles. The number of ether oxygens (including phenoxy) is 1. The lowest BCUT2D eigenvalue weighted by atomic mass is 10.3. The fourth-order valence-electron chi connectivity index (χ4n) is 1.29. The van der Waals surface area contributed by atoms with Gasteiger partial charge < -0.3 is 10.5 Å². The highest BCUT2D eigenvalue weighted by atomic mass is 79.9. The van der Waals surface area contributed by atoms with Crippen LogP contribution in [0.15, 0.2) is 33.2 Å². The van der Waals surface area contributed by atoms with E-state index in [-0.39, 0.29) is 0 Å². The Labute approximate surface area is 115 Å². The van der Waals surface area contributed by atoms with Crippen LogP contribution in [-0.2, 0) is 0 Å². The van der Waals surface area contributed by atoms with Crippen LogP contribution in [0.1, 0.15) is 5.82 Å². The third kappa shape index (κ3) is 3.17. The molecule has 0 amide bonds. The molecule has 1 heterocycles. The molecule has 0 aliphatic rings. The summed E-state index contributed by atoms with van der Waals surface area (Å²) in [7, 11) is 0. The Morgan fingerprint density at radius 1 is 1.18 bits per heavy atom. The smallest absolute Gasteiger partial charge is 0.224 e. The number of rotatable bonds is 2. The van der Waals surface area contributed by atoms with Crippen molar-refractivity contribution < 1.29 is 4.74 Å². The third-order valence-electron chi connectivity index (χ3n) is 1.94. The zero-order chi connectivity index (χ0) is 12.4. The Balaban J connectivity index is 2.31. The normalized spacial score (nSPS) is 10.3. The van der Waals surface area contributed by atoms with E-state index in [9.17, 15) is 0 Å². The SMILES string of the molecule is Cc1nc(N)cc(Oc2ccc(Br)cc2Br)n1. The fraction of sp³-hybridized carbons (Fsp3) is 0.0909. The van der Waals surface area contributed by atoms with E-state index in [2.05, 4.69) is 41.8 Å². The van der Waals surface area contributed by atoms with Crippen molar-refractivity contribution in [2.75, 3.05) is 5.73 Å². The minimum absolute atomic E-state index is 0.390. The van der Waals surface area contributed by atoms with Crippen molar-refractivity contribution in [1.29, 1.82) is 0 Å². The molecule has 0 saturated carbocycles. The van der Waals surface area contributed by atoms with Gasteiger partial charge in [0.1, 0.15) is 17.4 Å². The molecule has 0 saturated heterocycles. The van der Waals surface area contributed by atoms with Crippen molar-refractivity contribution in [3.8, 4) is 11.6 Å². The maximum atomic E-state index is 5.63. The van der Waals surface area contributed by atoms with E-state index in [0.29, 0.717) is 23.3 Å². The Kier molecular flexibility index (Phi) is 3.63. The summed E-state index contributed by atoms with van der Waals surface area (Å²) >= 11 is 6.79. The number of benzene rings is 1. The number of aryl methyl sites for hydroxylation is 1. The Hall–Kier alpha value is -1.14. The Bertz CT molecular complexity index is 540. The van der Waals surface area contributed by atoms with Gasteiger partial charge in [0.05, 0.1) is 4.47 Å². The average Bonchev–Trinajstić information content (AvgIpc) is 2.21. The first-order chi connectivity index (χ1) is 8.04. The Morgan fingerprint density at radius 2 is 1.94 bits per heavy atom. The second-order valence-electron chi connectivity index (χ2n) is 3.36. The first-order valence-electron chi connectivity index (χ1n) is 4.78. The number of nitrogen functional groups attached to an aromatic ring is 1. The highest BCUT2D eigenvalue weighted by Crippen LogP contribution is 2.31. The summed E-state index contributed by atoms with van der Waals surface area (Å²) in [5.41, 5.74) is 5.62. The van der Waals surface area contributed by atoms with Gasteiger partial charge in [0, 0.05) is 10.5 Å². The number of nitrogens with zero attached hydrogens (tertiary/aromatic N) is 2. The van der Waals surface area contributed by atoms with E-state index in [0.717, 1.165) is 8.95 Å². The maximum Gasteiger partial charge on any atom is 0.224 e. The number of hydrogen-bond donors (Lipinski definition) is 1. The monoisotopic (exact) mass is 357 g/mol. The number of nitrogens with two attached hydrogens (primary N) is 1. The summed E-state index contributed by atoms with van der Waals surface area (Å²) in [6.07, 6.45) is 0. The van der Waals surface area contributed by atoms with Gasteiger partial charge in [-0.25, -0.2) is 4.98 Å². The van der Waals surface area contributed by atoms with Crippen molar-refractivity contribution in [3.63, 3.8) is 0 Å². The lowest BCUT2D eigenvalue weighted by Crippen LogP contribution is -1.98. The van der Waals surface area contributed by atoms with Crippen LogP contribution in [0.2, 0.25) is 0 Å². The molecule has 0 spiro atoms. The van der Waals surface area contributed by atoms with E-state index >= 15 is 0 Å². The molecule has 0 aliphatic heterocycles. The minimum Gasteiger partial charge on any atom is -0.438 e. The molecular weight excluding hydrogens is 350 g/mol. The zero-order valence-electron chi connectivity index (χ0n) is 8.95. The molecule has 0 atom stereocenters. The van der Waals surface area contributed by atoms with Crippen molar-refractivity contribution >= 4 is 37.7 Å². The summed E-state index contributed by atoms with van der Waals surface area (Å²) in [5, 5.41) is 0. The number of halogens is 2. The summed E-state index contributed by atoms with van der Waals surface area (Å²) in [6.45, 7) is 1.76. The van der Waals surface area contributed by atoms with Gasteiger partial charge in [-0.05, 0) is 41.1 Å². The second-order valence-corrected chi connectivity index (χ2v) is 5.13. The van der Waals surface area contributed by atoms with Crippen LogP contribution >= 0.6 is 31.9 Å². The number of hydrogen-bond acceptors (Lipinski definition) is 4. The molecule has 6 heteroatoms. The van der Waals surface area contributed by atoms with Crippen LogP contribution in [0.25, 0.3) is 0 Å². The summed E-state index contributed by atoms with van der Waals surface area (Å²) in [6, 6.07) is 7.20. The van der Waals surface area contributed by atoms with Crippen molar-refractivity contribution in [2.45, 2.75) is 6.92 Å². The number of aromatic nitrogens is 2. The molecular formula is C11H9Br2N3O. The fourth-order valence-corrected chi connectivity index (χ4v) is 2.41. The van der Waals surface area contributed by atoms with Gasteiger partial charge in [-0.1, -0.05) is 15.9 Å². The molecule has 4 nitrogen and oxygen atoms in total. The van der Waals surface area contributed by atoms with Crippen molar-refractivity contribution in [2.24, 2.45) is 0 Å². The summed E-state index contributed by atoms with van der Waals surface area (Å²) in [5.74, 6) is 2.07. The van der Waals surface area contributed by atoms with Crippen LogP contribution in [-0.4, -0.2) is 9.97 Å². The minimum atomic E-state index is 0.390. The largest absolute Gasteiger partial charge is 0.438 e. The van der Waals surface area contributed by atoms with Gasteiger partial charge in [-0.2, -0.15) is 4.98 Å². The van der Waals surface area contributed by atoms with Crippen molar-refractivity contribution in [3.05, 3.63) is 39.0 Å². The number of anilines is 1. The van der Waals surface area contributed by atoms with Gasteiger partial charge in [-0.15, -0.1) is 0 Å². The molecule has 0 unspecified atom stereocenters. The van der Waals surface area contributed by atoms with Crippen LogP contribution in [0.4, 0.5) is 5.82 Å². The van der Waals surface area contributed by atoms with Crippen LogP contribution < -0.4 is 10.5 Å². The zero-order valence-corrected chi connectivity index (χ0v) is 12.1. The standard InChI is InChI=1S/C11H9Br2N3O/c1-6-15-10(14)5-11(16-6)17-9-3-2-7(12)4-8(9)13/h2-5H,1H3,(H2,14,15,16). The first-order valence-corrected chi connectivity index (χ1v) is 6.37. The predicted octanol–water partition coefficient (Wildman–Crippen LogP) is 3.68. The van der Waals surface area contributed by atoms with E-state index in [1.807, 2.05) is 18.2 Å². The lowest BCUT2D eigenvalue weighted by molar-refractivity contribution is 0.457. The van der Waals surface area contributed by atoms with Crippen LogP contribution in [0.5, 0.6) is 11.6 Å². The molecule has 88 valence electrons. The Morgan fingerprint density at radius 3 is 2.59 bits per heavy atom. The predicted molar refractivity (Wildman–Crippen MR) is 73.1 cm³/mol. The van der Waals surface area contributed by atoms with Gasteiger partial charge >= 0.3 is 0 Å². The third-order valence-corrected chi connectivity index (χ3v) is 3.06. The molecule has 17 heavy (non-hydrogen) atoms. The van der Waals surface area contributed by atoms with Gasteiger partial charge in [0.25, 0.3) is 0 Å². The van der Waals surface area contributed by atoms with Crippen LogP contribution in [0.3, 0.4) is 0 Å². The van der Waals surface area contributed by atoms with E-state index in [1.54, 1.807) is 13.0 Å². The van der Waals surface area contributed by atoms with E-state index < -0.39 is 0 Å². The molecule has 2 rings (SSSR count). The van der Waals surface area contributed by atoms with Gasteiger partial charge in [0.15, 0.2) is 0 Å². The molecule has 1 aromatic carbocycles. The van der Waals surface area contributed by atoms with Crippen LogP contribution in [0, 0.1) is 6.92 Å². The summed E-state index contributed by atoms with van der Waals surface area (Å²) < 4.78 is 7.43. The van der Waals surface area contributed by atoms with Crippen molar-refractivity contribution in [1.82, 2.24) is 9.97 Å². The molecule has 0 fully saturated rings.